The number of rotatable bonds is 8. The van der Waals surface area contributed by atoms with Crippen LogP contribution in [0.15, 0.2) is 28.7 Å². The van der Waals surface area contributed by atoms with Crippen molar-refractivity contribution in [2.45, 2.75) is 45.7 Å². The average molecular weight is 346 g/mol. The van der Waals surface area contributed by atoms with E-state index in [0.717, 1.165) is 0 Å². The molecule has 1 aromatic carbocycles. The molecule has 1 heterocycles. The van der Waals surface area contributed by atoms with Crippen molar-refractivity contribution in [2.24, 2.45) is 0 Å². The van der Waals surface area contributed by atoms with E-state index >= 15 is 0 Å². The Balaban J connectivity index is 2.22. The Bertz CT molecular complexity index is 796. The van der Waals surface area contributed by atoms with Crippen molar-refractivity contribution < 1.29 is 23.9 Å². The maximum absolute atomic E-state index is 12.5. The molecule has 2 aromatic rings. The van der Waals surface area contributed by atoms with Gasteiger partial charge in [0.2, 0.25) is 5.91 Å². The van der Waals surface area contributed by atoms with Crippen LogP contribution in [-0.2, 0) is 9.59 Å². The van der Waals surface area contributed by atoms with Crippen LogP contribution in [0.3, 0.4) is 0 Å². The smallest absolute Gasteiger partial charge is 0.320 e. The molecule has 0 aliphatic rings. The largest absolute Gasteiger partial charge is 0.480 e. The minimum atomic E-state index is -1.00. The molecular formula is C18H22N2O5. The summed E-state index contributed by atoms with van der Waals surface area (Å²) in [5.74, 6) is -1.66. The number of carbonyl (C=O) groups is 3. The lowest BCUT2D eigenvalue weighted by Gasteiger charge is -2.19. The summed E-state index contributed by atoms with van der Waals surface area (Å²) in [5, 5.41) is 15.3. The number of aliphatic carboxylic acids is 1. The van der Waals surface area contributed by atoms with Gasteiger partial charge in [-0.05, 0) is 25.5 Å². The Kier molecular flexibility index (Phi) is 5.93. The Morgan fingerprint density at radius 3 is 2.52 bits per heavy atom. The second-order valence-electron chi connectivity index (χ2n) is 5.92. The predicted molar refractivity (Wildman–Crippen MR) is 93.8 cm³/mol. The molecular weight excluding hydrogens is 324 g/mol. The quantitative estimate of drug-likeness (QED) is 0.634. The maximum Gasteiger partial charge on any atom is 0.320 e. The monoisotopic (exact) mass is 346 g/mol. The van der Waals surface area contributed by atoms with Gasteiger partial charge in [0.15, 0.2) is 11.5 Å². The van der Waals surface area contributed by atoms with E-state index in [4.69, 9.17) is 4.42 Å². The molecule has 3 N–H and O–H groups in total. The second-order valence-corrected chi connectivity index (χ2v) is 5.92. The fraction of sp³-hybridized carbons (Fsp3) is 0.389. The molecule has 0 aliphatic carbocycles. The molecule has 0 saturated heterocycles. The Morgan fingerprint density at radius 1 is 1.24 bits per heavy atom. The van der Waals surface area contributed by atoms with Gasteiger partial charge in [-0.25, -0.2) is 0 Å². The molecule has 25 heavy (non-hydrogen) atoms. The number of carboxylic acid groups (broad SMARTS) is 1. The predicted octanol–water partition coefficient (Wildman–Crippen LogP) is 2.81. The molecule has 2 unspecified atom stereocenters. The molecule has 1 amide bonds. The number of hydrogen-bond acceptors (Lipinski definition) is 5. The summed E-state index contributed by atoms with van der Waals surface area (Å²) in [6, 6.07) is 5.45. The first-order valence-electron chi connectivity index (χ1n) is 8.17. The number of fused-ring (bicyclic) bond motifs is 1. The number of benzene rings is 1. The van der Waals surface area contributed by atoms with E-state index in [1.807, 2.05) is 6.92 Å². The van der Waals surface area contributed by atoms with Crippen LogP contribution in [0.2, 0.25) is 0 Å². The molecule has 0 bridgehead atoms. The van der Waals surface area contributed by atoms with Gasteiger partial charge in [0, 0.05) is 12.3 Å². The van der Waals surface area contributed by atoms with E-state index < -0.39 is 24.0 Å². The fourth-order valence-corrected chi connectivity index (χ4v) is 2.59. The molecule has 0 spiro atoms. The number of ketones is 1. The van der Waals surface area contributed by atoms with E-state index in [1.54, 1.807) is 31.2 Å². The summed E-state index contributed by atoms with van der Waals surface area (Å²) in [6.07, 6.45) is 1.10. The minimum absolute atomic E-state index is 0.0742. The third-order valence-electron chi connectivity index (χ3n) is 3.88. The van der Waals surface area contributed by atoms with Gasteiger partial charge in [-0.1, -0.05) is 25.5 Å². The zero-order valence-electron chi connectivity index (χ0n) is 14.5. The van der Waals surface area contributed by atoms with Gasteiger partial charge in [0.25, 0.3) is 0 Å². The van der Waals surface area contributed by atoms with Crippen molar-refractivity contribution in [3.8, 4) is 0 Å². The van der Waals surface area contributed by atoms with E-state index in [0.29, 0.717) is 29.5 Å². The highest BCUT2D eigenvalue weighted by atomic mass is 16.4. The molecule has 7 nitrogen and oxygen atoms in total. The van der Waals surface area contributed by atoms with E-state index in [1.165, 1.54) is 6.92 Å². The molecule has 134 valence electrons. The molecule has 2 rings (SSSR count). The SMILES string of the molecule is CCCC(NC(C)C(=O)Nc1c(C(C)=O)oc2ccccc12)C(=O)O. The number of Topliss-reactive ketones (excluding diaryl/α,β-unsaturated/α-hetero) is 1. The summed E-state index contributed by atoms with van der Waals surface area (Å²) in [7, 11) is 0. The first kappa shape index (κ1) is 18.7. The third kappa shape index (κ3) is 4.24. The van der Waals surface area contributed by atoms with Crippen LogP contribution >= 0.6 is 0 Å². The standard InChI is InChI=1S/C18H22N2O5/c1-4-7-13(18(23)24)19-10(2)17(22)20-15-12-8-5-6-9-14(12)25-16(15)11(3)21/h5-6,8-10,13,19H,4,7H2,1-3H3,(H,20,22)(H,23,24). The number of amides is 1. The van der Waals surface area contributed by atoms with E-state index in [-0.39, 0.29) is 11.5 Å². The van der Waals surface area contributed by atoms with Gasteiger partial charge in [-0.3, -0.25) is 19.7 Å². The number of para-hydroxylation sites is 1. The van der Waals surface area contributed by atoms with Crippen molar-refractivity contribution in [3.05, 3.63) is 30.0 Å². The normalized spacial score (nSPS) is 13.4. The van der Waals surface area contributed by atoms with Crippen LogP contribution in [0, 0.1) is 0 Å². The minimum Gasteiger partial charge on any atom is -0.480 e. The highest BCUT2D eigenvalue weighted by molar-refractivity contribution is 6.11. The van der Waals surface area contributed by atoms with Gasteiger partial charge in [-0.15, -0.1) is 0 Å². The van der Waals surface area contributed by atoms with Crippen LogP contribution in [-0.4, -0.2) is 34.8 Å². The number of hydrogen-bond donors (Lipinski definition) is 3. The van der Waals surface area contributed by atoms with Gasteiger partial charge in [0.05, 0.1) is 11.7 Å². The summed E-state index contributed by atoms with van der Waals surface area (Å²) >= 11 is 0. The molecule has 2 atom stereocenters. The number of carbonyl (C=O) groups excluding carboxylic acids is 2. The zero-order valence-corrected chi connectivity index (χ0v) is 14.5. The van der Waals surface area contributed by atoms with Crippen LogP contribution in [0.1, 0.15) is 44.2 Å². The molecule has 7 heteroatoms. The van der Waals surface area contributed by atoms with E-state index in [2.05, 4.69) is 10.6 Å². The van der Waals surface area contributed by atoms with Gasteiger partial charge in [-0.2, -0.15) is 0 Å². The number of furan rings is 1. The Labute approximate surface area is 145 Å². The van der Waals surface area contributed by atoms with Crippen molar-refractivity contribution in [2.75, 3.05) is 5.32 Å². The number of nitrogens with one attached hydrogen (secondary N) is 2. The van der Waals surface area contributed by atoms with Gasteiger partial charge >= 0.3 is 5.97 Å². The van der Waals surface area contributed by atoms with Gasteiger partial charge < -0.3 is 14.8 Å². The molecule has 0 radical (unpaired) electrons. The highest BCUT2D eigenvalue weighted by Gasteiger charge is 2.25. The third-order valence-corrected chi connectivity index (χ3v) is 3.88. The van der Waals surface area contributed by atoms with Crippen LogP contribution < -0.4 is 10.6 Å². The van der Waals surface area contributed by atoms with Crippen LogP contribution in [0.25, 0.3) is 11.0 Å². The topological polar surface area (TPSA) is 109 Å². The molecule has 0 saturated carbocycles. The van der Waals surface area contributed by atoms with Crippen molar-refractivity contribution in [1.82, 2.24) is 5.32 Å². The first-order chi connectivity index (χ1) is 11.8. The summed E-state index contributed by atoms with van der Waals surface area (Å²) < 4.78 is 5.52. The van der Waals surface area contributed by atoms with E-state index in [9.17, 15) is 19.5 Å². The lowest BCUT2D eigenvalue weighted by molar-refractivity contribution is -0.140. The van der Waals surface area contributed by atoms with Crippen molar-refractivity contribution >= 4 is 34.3 Å². The van der Waals surface area contributed by atoms with Gasteiger partial charge in [0.1, 0.15) is 11.6 Å². The lowest BCUT2D eigenvalue weighted by Crippen LogP contribution is -2.47. The van der Waals surface area contributed by atoms with Crippen molar-refractivity contribution in [1.29, 1.82) is 0 Å². The number of anilines is 1. The fourth-order valence-electron chi connectivity index (χ4n) is 2.59. The summed E-state index contributed by atoms with van der Waals surface area (Å²) in [6.45, 7) is 4.81. The molecule has 1 aromatic heterocycles. The number of carboxylic acids is 1. The van der Waals surface area contributed by atoms with Crippen molar-refractivity contribution in [3.63, 3.8) is 0 Å². The summed E-state index contributed by atoms with van der Waals surface area (Å²) in [4.78, 5) is 35.5. The van der Waals surface area contributed by atoms with Crippen LogP contribution in [0.4, 0.5) is 5.69 Å². The van der Waals surface area contributed by atoms with Crippen LogP contribution in [0.5, 0.6) is 0 Å². The maximum atomic E-state index is 12.5. The summed E-state index contributed by atoms with van der Waals surface area (Å²) in [5.41, 5.74) is 0.808. The average Bonchev–Trinajstić information content (AvgIpc) is 2.93. The Hall–Kier alpha value is -2.67. The zero-order chi connectivity index (χ0) is 18.6. The first-order valence-corrected chi connectivity index (χ1v) is 8.17. The lowest BCUT2D eigenvalue weighted by atomic mass is 10.1. The molecule has 0 fully saturated rings. The molecule has 0 aliphatic heterocycles. The highest BCUT2D eigenvalue weighted by Crippen LogP contribution is 2.31. The second kappa shape index (κ2) is 7.94. The Morgan fingerprint density at radius 2 is 1.92 bits per heavy atom.